The number of nitrogens with zero attached hydrogens (tertiary/aromatic N) is 1. The minimum atomic E-state index is -0.439. The highest BCUT2D eigenvalue weighted by atomic mass is 16.5. The lowest BCUT2D eigenvalue weighted by molar-refractivity contribution is 0.000308. The van der Waals surface area contributed by atoms with E-state index in [1.165, 1.54) is 0 Å². The number of nitrogens with two attached hydrogens (primary N) is 1. The first-order valence-electron chi connectivity index (χ1n) is 3.07. The van der Waals surface area contributed by atoms with Gasteiger partial charge in [0.1, 0.15) is 0 Å². The Hall–Kier alpha value is -0.160. The monoisotopic (exact) mass is 131 g/mol. The molecule has 1 aliphatic carbocycles. The van der Waals surface area contributed by atoms with Crippen molar-refractivity contribution in [1.82, 2.24) is 5.06 Å². The Balaban J connectivity index is 2.25. The molecule has 9 heavy (non-hydrogen) atoms. The highest BCUT2D eigenvalue weighted by Crippen LogP contribution is 2.23. The van der Waals surface area contributed by atoms with E-state index in [9.17, 15) is 5.21 Å². The van der Waals surface area contributed by atoms with Gasteiger partial charge >= 0.3 is 0 Å². The molecule has 3 N–H and O–H groups in total. The van der Waals surface area contributed by atoms with Gasteiger partial charge in [-0.05, 0) is 12.8 Å². The van der Waals surface area contributed by atoms with Crippen molar-refractivity contribution in [3.8, 4) is 0 Å². The van der Waals surface area contributed by atoms with Crippen LogP contribution >= 0.6 is 0 Å². The van der Waals surface area contributed by atoms with Crippen LogP contribution in [0.5, 0.6) is 0 Å². The summed E-state index contributed by atoms with van der Waals surface area (Å²) in [5.74, 6) is 0. The standard InChI is InChI=1S/C5H11N2O2/c6-3-7(9)4-1-2-5(4)8/h4-5,8H,1-3,6H2/q-1. The zero-order valence-electron chi connectivity index (χ0n) is 5.16. The van der Waals surface area contributed by atoms with Crippen LogP contribution in [0.4, 0.5) is 0 Å². The quantitative estimate of drug-likeness (QED) is 0.381. The zero-order valence-corrected chi connectivity index (χ0v) is 5.16. The van der Waals surface area contributed by atoms with E-state index in [-0.39, 0.29) is 12.7 Å². The summed E-state index contributed by atoms with van der Waals surface area (Å²) in [5, 5.41) is 20.3. The van der Waals surface area contributed by atoms with Gasteiger partial charge in [0.05, 0.1) is 6.10 Å². The van der Waals surface area contributed by atoms with Crippen LogP contribution < -0.4 is 5.73 Å². The molecule has 2 unspecified atom stereocenters. The zero-order chi connectivity index (χ0) is 6.85. The molecule has 0 radical (unpaired) electrons. The summed E-state index contributed by atoms with van der Waals surface area (Å²) < 4.78 is 0. The predicted octanol–water partition coefficient (Wildman–Crippen LogP) is -0.774. The average Bonchev–Trinajstić information content (AvgIpc) is 1.84. The van der Waals surface area contributed by atoms with Gasteiger partial charge in [-0.25, -0.2) is 0 Å². The van der Waals surface area contributed by atoms with Gasteiger partial charge in [0.25, 0.3) is 0 Å². The molecule has 0 saturated heterocycles. The van der Waals surface area contributed by atoms with Crippen molar-refractivity contribution in [3.05, 3.63) is 5.21 Å². The van der Waals surface area contributed by atoms with Crippen molar-refractivity contribution in [3.63, 3.8) is 0 Å². The Bertz CT molecular complexity index is 99.0. The third kappa shape index (κ3) is 1.21. The molecule has 0 bridgehead atoms. The highest BCUT2D eigenvalue weighted by Gasteiger charge is 2.28. The fourth-order valence-electron chi connectivity index (χ4n) is 0.936. The molecule has 4 heteroatoms. The Morgan fingerprint density at radius 3 is 2.44 bits per heavy atom. The van der Waals surface area contributed by atoms with Crippen LogP contribution in [0.25, 0.3) is 0 Å². The fourth-order valence-corrected chi connectivity index (χ4v) is 0.936. The Morgan fingerprint density at radius 2 is 2.33 bits per heavy atom. The summed E-state index contributed by atoms with van der Waals surface area (Å²) in [4.78, 5) is 0. The van der Waals surface area contributed by atoms with E-state index in [0.29, 0.717) is 0 Å². The van der Waals surface area contributed by atoms with Gasteiger partial charge in [-0.3, -0.25) is 0 Å². The minimum Gasteiger partial charge on any atom is -0.784 e. The second-order valence-electron chi connectivity index (χ2n) is 2.31. The number of rotatable bonds is 2. The van der Waals surface area contributed by atoms with Gasteiger partial charge in [0.15, 0.2) is 0 Å². The van der Waals surface area contributed by atoms with Crippen molar-refractivity contribution < 1.29 is 5.11 Å². The first kappa shape index (κ1) is 6.95. The lowest BCUT2D eigenvalue weighted by Gasteiger charge is -2.45. The highest BCUT2D eigenvalue weighted by molar-refractivity contribution is 4.88. The van der Waals surface area contributed by atoms with Gasteiger partial charge in [-0.2, -0.15) is 0 Å². The van der Waals surface area contributed by atoms with Crippen LogP contribution in [-0.2, 0) is 0 Å². The van der Waals surface area contributed by atoms with Crippen LogP contribution in [0.3, 0.4) is 0 Å². The first-order valence-corrected chi connectivity index (χ1v) is 3.07. The molecule has 0 aromatic carbocycles. The maximum atomic E-state index is 10.6. The van der Waals surface area contributed by atoms with Gasteiger partial charge in [0.2, 0.25) is 0 Å². The smallest absolute Gasteiger partial charge is 0.0687 e. The number of aliphatic hydroxyl groups excluding tert-OH is 1. The van der Waals surface area contributed by atoms with E-state index < -0.39 is 6.10 Å². The van der Waals surface area contributed by atoms with Crippen molar-refractivity contribution in [1.29, 1.82) is 0 Å². The van der Waals surface area contributed by atoms with Crippen LogP contribution in [0.2, 0.25) is 0 Å². The molecule has 0 heterocycles. The summed E-state index contributed by atoms with van der Waals surface area (Å²) in [5.41, 5.74) is 5.05. The Kier molecular flexibility index (Phi) is 2.02. The van der Waals surface area contributed by atoms with Crippen LogP contribution in [-0.4, -0.2) is 29.0 Å². The normalized spacial score (nSPS) is 34.7. The molecule has 1 saturated carbocycles. The minimum absolute atomic E-state index is 0.0122. The molecule has 0 aliphatic heterocycles. The molecule has 4 nitrogen and oxygen atoms in total. The van der Waals surface area contributed by atoms with E-state index in [4.69, 9.17) is 10.8 Å². The molecule has 0 aromatic rings. The molecular formula is C5H11N2O2-. The third-order valence-corrected chi connectivity index (χ3v) is 1.75. The molecule has 0 spiro atoms. The van der Waals surface area contributed by atoms with Gasteiger partial charge in [-0.15, -0.1) is 0 Å². The number of hydrogen-bond acceptors (Lipinski definition) is 4. The molecule has 0 aromatic heterocycles. The molecule has 54 valence electrons. The summed E-state index contributed by atoms with van der Waals surface area (Å²) in [6, 6.07) is -0.227. The van der Waals surface area contributed by atoms with Gasteiger partial charge < -0.3 is 21.1 Å². The SMILES string of the molecule is NCN([O-])C1CCC1O. The summed E-state index contributed by atoms with van der Waals surface area (Å²) in [6.07, 6.45) is 1.08. The van der Waals surface area contributed by atoms with E-state index in [2.05, 4.69) is 0 Å². The van der Waals surface area contributed by atoms with E-state index in [0.717, 1.165) is 17.9 Å². The molecule has 2 atom stereocenters. The number of hydrogen-bond donors (Lipinski definition) is 2. The molecular weight excluding hydrogens is 120 g/mol. The summed E-state index contributed by atoms with van der Waals surface area (Å²) >= 11 is 0. The topological polar surface area (TPSA) is 72.5 Å². The van der Waals surface area contributed by atoms with Gasteiger partial charge in [0, 0.05) is 12.7 Å². The van der Waals surface area contributed by atoms with Gasteiger partial charge in [-0.1, -0.05) is 0 Å². The van der Waals surface area contributed by atoms with Crippen LogP contribution in [0, 0.1) is 5.21 Å². The van der Waals surface area contributed by atoms with E-state index >= 15 is 0 Å². The Morgan fingerprint density at radius 1 is 1.67 bits per heavy atom. The van der Waals surface area contributed by atoms with E-state index in [1.54, 1.807) is 0 Å². The summed E-state index contributed by atoms with van der Waals surface area (Å²) in [6.45, 7) is -0.0122. The molecule has 0 amide bonds. The Labute approximate surface area is 53.8 Å². The van der Waals surface area contributed by atoms with E-state index in [1.807, 2.05) is 0 Å². The second-order valence-corrected chi connectivity index (χ2v) is 2.31. The molecule has 1 aliphatic rings. The molecule has 1 rings (SSSR count). The first-order chi connectivity index (χ1) is 4.25. The van der Waals surface area contributed by atoms with Crippen LogP contribution in [0.15, 0.2) is 0 Å². The lowest BCUT2D eigenvalue weighted by Crippen LogP contribution is -2.49. The van der Waals surface area contributed by atoms with Crippen molar-refractivity contribution in [2.24, 2.45) is 5.73 Å². The van der Waals surface area contributed by atoms with Crippen molar-refractivity contribution in [2.75, 3.05) is 6.67 Å². The number of aliphatic hydroxyl groups is 1. The van der Waals surface area contributed by atoms with Crippen molar-refractivity contribution >= 4 is 0 Å². The third-order valence-electron chi connectivity index (χ3n) is 1.75. The fraction of sp³-hybridized carbons (Fsp3) is 1.00. The van der Waals surface area contributed by atoms with Crippen molar-refractivity contribution in [2.45, 2.75) is 25.0 Å². The van der Waals surface area contributed by atoms with Crippen LogP contribution in [0.1, 0.15) is 12.8 Å². The molecule has 1 fully saturated rings. The largest absolute Gasteiger partial charge is 0.784 e. The average molecular weight is 131 g/mol. The predicted molar refractivity (Wildman–Crippen MR) is 33.3 cm³/mol. The lowest BCUT2D eigenvalue weighted by atomic mass is 9.89. The maximum Gasteiger partial charge on any atom is 0.0687 e. The summed E-state index contributed by atoms with van der Waals surface area (Å²) in [7, 11) is 0. The number of hydroxylamine groups is 2. The second kappa shape index (κ2) is 2.62. The maximum absolute atomic E-state index is 10.6.